The predicted octanol–water partition coefficient (Wildman–Crippen LogP) is 6.41. The highest BCUT2D eigenvalue weighted by molar-refractivity contribution is 7.99. The quantitative estimate of drug-likeness (QED) is 0.598. The zero-order chi connectivity index (χ0) is 19.9. The Bertz CT molecular complexity index is 812. The Labute approximate surface area is 166 Å². The summed E-state index contributed by atoms with van der Waals surface area (Å²) in [4.78, 5) is 19.0. The monoisotopic (exact) mass is 384 g/mol. The van der Waals surface area contributed by atoms with Gasteiger partial charge in [0, 0.05) is 29.6 Å². The van der Waals surface area contributed by atoms with Crippen LogP contribution >= 0.6 is 11.8 Å². The summed E-state index contributed by atoms with van der Waals surface area (Å²) in [5.41, 5.74) is 3.56. The standard InChI is InChI=1S/C22H28N2O2S/c1-14(2)15-8-10-17-19(12-15)27-20-13-16(23(6)7)9-11-18(20)24(17)21(25)26-22(3,4)5/h8-14H,1-7H3. The molecule has 0 atom stereocenters. The predicted molar refractivity (Wildman–Crippen MR) is 114 cm³/mol. The van der Waals surface area contributed by atoms with E-state index in [9.17, 15) is 4.79 Å². The molecule has 0 bridgehead atoms. The Hall–Kier alpha value is -2.14. The second kappa shape index (κ2) is 7.12. The highest BCUT2D eigenvalue weighted by atomic mass is 32.2. The van der Waals surface area contributed by atoms with Crippen LogP contribution in [0.5, 0.6) is 0 Å². The average molecular weight is 385 g/mol. The number of benzene rings is 2. The van der Waals surface area contributed by atoms with Crippen LogP contribution < -0.4 is 9.80 Å². The van der Waals surface area contributed by atoms with Gasteiger partial charge in [0.2, 0.25) is 0 Å². The minimum Gasteiger partial charge on any atom is -0.443 e. The number of ether oxygens (including phenoxy) is 1. The van der Waals surface area contributed by atoms with Crippen LogP contribution in [0.2, 0.25) is 0 Å². The second-order valence-corrected chi connectivity index (χ2v) is 9.43. The largest absolute Gasteiger partial charge is 0.443 e. The topological polar surface area (TPSA) is 32.8 Å². The first-order chi connectivity index (χ1) is 12.6. The van der Waals surface area contributed by atoms with Crippen molar-refractivity contribution in [3.63, 3.8) is 0 Å². The normalized spacial score (nSPS) is 13.3. The summed E-state index contributed by atoms with van der Waals surface area (Å²) < 4.78 is 5.71. The van der Waals surface area contributed by atoms with Gasteiger partial charge in [-0.25, -0.2) is 9.69 Å². The van der Waals surface area contributed by atoms with E-state index in [1.54, 1.807) is 16.7 Å². The molecule has 0 aromatic heterocycles. The van der Waals surface area contributed by atoms with Gasteiger partial charge < -0.3 is 9.64 Å². The number of nitrogens with zero attached hydrogens (tertiary/aromatic N) is 2. The van der Waals surface area contributed by atoms with Crippen molar-refractivity contribution in [3.05, 3.63) is 42.0 Å². The van der Waals surface area contributed by atoms with Crippen LogP contribution in [-0.4, -0.2) is 25.8 Å². The molecule has 27 heavy (non-hydrogen) atoms. The number of hydrogen-bond acceptors (Lipinski definition) is 4. The van der Waals surface area contributed by atoms with Crippen molar-refractivity contribution >= 4 is 34.9 Å². The fourth-order valence-corrected chi connectivity index (χ4v) is 4.10. The molecule has 0 fully saturated rings. The average Bonchev–Trinajstić information content (AvgIpc) is 2.56. The van der Waals surface area contributed by atoms with Gasteiger partial charge in [0.25, 0.3) is 0 Å². The summed E-state index contributed by atoms with van der Waals surface area (Å²) in [6, 6.07) is 12.5. The van der Waals surface area contributed by atoms with Gasteiger partial charge in [0.1, 0.15) is 5.60 Å². The molecule has 3 rings (SSSR count). The fourth-order valence-electron chi connectivity index (χ4n) is 2.96. The van der Waals surface area contributed by atoms with E-state index in [2.05, 4.69) is 36.9 Å². The molecule has 0 unspecified atom stereocenters. The zero-order valence-electron chi connectivity index (χ0n) is 17.2. The van der Waals surface area contributed by atoms with Crippen LogP contribution in [0.25, 0.3) is 0 Å². The van der Waals surface area contributed by atoms with E-state index in [-0.39, 0.29) is 6.09 Å². The summed E-state index contributed by atoms with van der Waals surface area (Å²) in [5, 5.41) is 0. The van der Waals surface area contributed by atoms with Gasteiger partial charge in [0.15, 0.2) is 0 Å². The second-order valence-electron chi connectivity index (χ2n) is 8.35. The molecule has 0 spiro atoms. The Morgan fingerprint density at radius 1 is 1.04 bits per heavy atom. The maximum absolute atomic E-state index is 13.1. The molecule has 0 saturated carbocycles. The fraction of sp³-hybridized carbons (Fsp3) is 0.409. The van der Waals surface area contributed by atoms with Crippen LogP contribution in [0, 0.1) is 0 Å². The summed E-state index contributed by atoms with van der Waals surface area (Å²) in [5.74, 6) is 0.431. The summed E-state index contributed by atoms with van der Waals surface area (Å²) in [6.07, 6.45) is -0.347. The molecule has 2 aromatic rings. The zero-order valence-corrected chi connectivity index (χ0v) is 18.0. The molecule has 4 nitrogen and oxygen atoms in total. The number of hydrogen-bond donors (Lipinski definition) is 0. The van der Waals surface area contributed by atoms with Crippen LogP contribution in [0.4, 0.5) is 21.9 Å². The first-order valence-corrected chi connectivity index (χ1v) is 10.0. The molecule has 1 heterocycles. The molecule has 144 valence electrons. The first kappa shape index (κ1) is 19.6. The van der Waals surface area contributed by atoms with Gasteiger partial charge in [-0.3, -0.25) is 0 Å². The number of anilines is 3. The SMILES string of the molecule is CC(C)c1ccc2c(c1)Sc1cc(N(C)C)ccc1N2C(=O)OC(C)(C)C. The van der Waals surface area contributed by atoms with Crippen LogP contribution in [0.15, 0.2) is 46.2 Å². The lowest BCUT2D eigenvalue weighted by Gasteiger charge is -2.33. The van der Waals surface area contributed by atoms with Gasteiger partial charge in [0.05, 0.1) is 11.4 Å². The third kappa shape index (κ3) is 4.08. The first-order valence-electron chi connectivity index (χ1n) is 9.23. The summed E-state index contributed by atoms with van der Waals surface area (Å²) >= 11 is 1.71. The number of carbonyl (C=O) groups is 1. The lowest BCUT2D eigenvalue weighted by molar-refractivity contribution is 0.0597. The van der Waals surface area contributed by atoms with Crippen molar-refractivity contribution in [1.82, 2.24) is 0 Å². The number of rotatable bonds is 2. The number of carbonyl (C=O) groups excluding carboxylic acids is 1. The van der Waals surface area contributed by atoms with Crippen LogP contribution in [0.1, 0.15) is 46.1 Å². The maximum Gasteiger partial charge on any atom is 0.419 e. The van der Waals surface area contributed by atoms with E-state index in [0.717, 1.165) is 26.9 Å². The molecule has 0 radical (unpaired) electrons. The Morgan fingerprint density at radius 2 is 1.63 bits per heavy atom. The van der Waals surface area contributed by atoms with E-state index >= 15 is 0 Å². The molecular formula is C22H28N2O2S. The number of fused-ring (bicyclic) bond motifs is 2. The molecule has 5 heteroatoms. The van der Waals surface area contributed by atoms with Gasteiger partial charge >= 0.3 is 6.09 Å². The van der Waals surface area contributed by atoms with Crippen molar-refractivity contribution in [2.75, 3.05) is 23.9 Å². The molecule has 0 saturated heterocycles. The highest BCUT2D eigenvalue weighted by Crippen LogP contribution is 2.50. The van der Waals surface area contributed by atoms with Crippen LogP contribution in [-0.2, 0) is 4.74 Å². The highest BCUT2D eigenvalue weighted by Gasteiger charge is 2.32. The van der Waals surface area contributed by atoms with E-state index < -0.39 is 5.60 Å². The van der Waals surface area contributed by atoms with E-state index in [1.165, 1.54) is 5.56 Å². The third-order valence-electron chi connectivity index (χ3n) is 4.39. The number of amides is 1. The van der Waals surface area contributed by atoms with E-state index in [0.29, 0.717) is 5.92 Å². The molecule has 2 aromatic carbocycles. The summed E-state index contributed by atoms with van der Waals surface area (Å²) in [7, 11) is 4.04. The minimum atomic E-state index is -0.552. The Morgan fingerprint density at radius 3 is 2.19 bits per heavy atom. The molecule has 1 amide bonds. The molecule has 0 aliphatic carbocycles. The summed E-state index contributed by atoms with van der Waals surface area (Å²) in [6.45, 7) is 10.0. The smallest absolute Gasteiger partial charge is 0.419 e. The molecular weight excluding hydrogens is 356 g/mol. The molecule has 1 aliphatic rings. The van der Waals surface area contributed by atoms with Crippen molar-refractivity contribution in [1.29, 1.82) is 0 Å². The van der Waals surface area contributed by atoms with Gasteiger partial charge in [-0.15, -0.1) is 0 Å². The van der Waals surface area contributed by atoms with Gasteiger partial charge in [-0.1, -0.05) is 31.7 Å². The lowest BCUT2D eigenvalue weighted by atomic mass is 10.0. The van der Waals surface area contributed by atoms with Crippen molar-refractivity contribution in [2.45, 2.75) is 55.9 Å². The Balaban J connectivity index is 2.13. The maximum atomic E-state index is 13.1. The molecule has 1 aliphatic heterocycles. The van der Waals surface area contributed by atoms with Gasteiger partial charge in [-0.2, -0.15) is 0 Å². The lowest BCUT2D eigenvalue weighted by Crippen LogP contribution is -2.35. The van der Waals surface area contributed by atoms with Gasteiger partial charge in [-0.05, 0) is 62.6 Å². The van der Waals surface area contributed by atoms with Crippen molar-refractivity contribution < 1.29 is 9.53 Å². The van der Waals surface area contributed by atoms with Crippen molar-refractivity contribution in [3.8, 4) is 0 Å². The van der Waals surface area contributed by atoms with E-state index in [4.69, 9.17) is 4.74 Å². The third-order valence-corrected chi connectivity index (χ3v) is 5.48. The van der Waals surface area contributed by atoms with E-state index in [1.807, 2.05) is 53.1 Å². The Kier molecular flexibility index (Phi) is 5.17. The molecule has 0 N–H and O–H groups in total. The minimum absolute atomic E-state index is 0.347. The van der Waals surface area contributed by atoms with Crippen LogP contribution in [0.3, 0.4) is 0 Å². The van der Waals surface area contributed by atoms with Crippen molar-refractivity contribution in [2.24, 2.45) is 0 Å².